The van der Waals surface area contributed by atoms with Gasteiger partial charge in [0.05, 0.1) is 23.5 Å². The minimum absolute atomic E-state index is 0.0358. The minimum Gasteiger partial charge on any atom is -0.345 e. The van der Waals surface area contributed by atoms with Gasteiger partial charge in [-0.15, -0.1) is 0 Å². The van der Waals surface area contributed by atoms with Gasteiger partial charge >= 0.3 is 10.2 Å². The number of hydrogen-bond donors (Lipinski definition) is 2. The van der Waals surface area contributed by atoms with Crippen molar-refractivity contribution in [3.05, 3.63) is 0 Å². The van der Waals surface area contributed by atoms with Gasteiger partial charge in [0.15, 0.2) is 11.6 Å². The zero-order chi connectivity index (χ0) is 51.0. The van der Waals surface area contributed by atoms with Crippen molar-refractivity contribution in [2.24, 2.45) is 44.8 Å². The van der Waals surface area contributed by atoms with Crippen LogP contribution >= 0.6 is 0 Å². The van der Waals surface area contributed by atoms with E-state index in [0.29, 0.717) is 38.6 Å². The largest absolute Gasteiger partial charge is 0.345 e. The molecule has 7 atom stereocenters. The van der Waals surface area contributed by atoms with Gasteiger partial charge in [-0.1, -0.05) is 80.6 Å². The molecule has 0 aromatic rings. The summed E-state index contributed by atoms with van der Waals surface area (Å²) in [6.45, 7) is 4.32. The Morgan fingerprint density at radius 1 is 0.897 bits per heavy atom. The molecule has 58 heavy (non-hydrogen) atoms. The lowest BCUT2D eigenvalue weighted by atomic mass is 9.73. The Bertz CT molecular complexity index is 2170. The first-order valence-corrected chi connectivity index (χ1v) is 23.2. The number of likely N-dealkylation sites (tertiary alicyclic amines) is 2. The van der Waals surface area contributed by atoms with Crippen LogP contribution in [0.2, 0.25) is 0 Å². The molecular formula is C45H73N5O7S. The van der Waals surface area contributed by atoms with Crippen molar-refractivity contribution in [1.29, 1.82) is 0 Å². The Labute approximate surface area is 362 Å². The highest BCUT2D eigenvalue weighted by Gasteiger charge is 2.85. The third kappa shape index (κ3) is 7.30. The van der Waals surface area contributed by atoms with Gasteiger partial charge in [-0.2, -0.15) is 12.7 Å². The average molecular weight is 838 g/mol. The Morgan fingerprint density at radius 3 is 2.12 bits per heavy atom. The van der Waals surface area contributed by atoms with Gasteiger partial charge in [0.25, 0.3) is 0 Å². The number of carbonyl (C=O) groups is 5. The van der Waals surface area contributed by atoms with Gasteiger partial charge in [-0.25, -0.2) is 4.72 Å². The zero-order valence-electron chi connectivity index (χ0n) is 45.6. The van der Waals surface area contributed by atoms with Crippen molar-refractivity contribution in [1.82, 2.24) is 24.1 Å². The Hall–Kier alpha value is -2.38. The van der Waals surface area contributed by atoms with E-state index < -0.39 is 123 Å². The molecule has 3 amide bonds. The van der Waals surface area contributed by atoms with Crippen molar-refractivity contribution in [2.45, 2.75) is 176 Å². The Morgan fingerprint density at radius 2 is 1.57 bits per heavy atom. The van der Waals surface area contributed by atoms with Crippen LogP contribution in [0.5, 0.6) is 0 Å². The Balaban J connectivity index is 1.17. The van der Waals surface area contributed by atoms with Crippen LogP contribution in [-0.4, -0.2) is 103 Å². The van der Waals surface area contributed by atoms with Crippen LogP contribution in [0.15, 0.2) is 0 Å². The molecule has 7 aliphatic rings. The highest BCUT2D eigenvalue weighted by Crippen LogP contribution is 2.88. The van der Waals surface area contributed by atoms with E-state index in [-0.39, 0.29) is 48.3 Å². The highest BCUT2D eigenvalue weighted by molar-refractivity contribution is 7.87. The van der Waals surface area contributed by atoms with E-state index in [9.17, 15) is 22.8 Å². The first-order valence-electron chi connectivity index (χ1n) is 26.8. The number of nitrogens with one attached hydrogen (secondary N) is 2. The molecule has 7 rings (SSSR count). The molecule has 4 saturated carbocycles. The smallest absolute Gasteiger partial charge is 0.303 e. The monoisotopic (exact) mass is 838 g/mol. The normalized spacial score (nSPS) is 39.4. The average Bonchev–Trinajstić information content (AvgIpc) is 3.67. The number of ketones is 2. The number of fused-ring (bicyclic) bond motifs is 1. The standard InChI is InChI=1S/C45H73N5O7S/c1-8-31-26-43(31,40(55)47-58(56,57)49-23-13-14-24-49)28-36(52)34-27-45(42(6,7)44(45)20-16-21-44)29-50(34)39(54)32(41(3,4)5)25-35(51)37(30-17-11-10-12-18-30)46-38(53)33-19-15-22-48(33)9-2/h30-34,37H,8-29H2,1-7H3,(H,46,53)(H,47,55)/t31-,32-,33+,34+,37+,43-,45-/m1/s1/i9D2,13D2,14D2,23D2,24D2. The molecule has 3 heterocycles. The van der Waals surface area contributed by atoms with Crippen LogP contribution < -0.4 is 10.0 Å². The lowest BCUT2D eigenvalue weighted by Gasteiger charge is -2.37. The molecule has 4 aliphatic carbocycles. The van der Waals surface area contributed by atoms with Crippen LogP contribution in [0.1, 0.15) is 171 Å². The molecule has 326 valence electrons. The van der Waals surface area contributed by atoms with Crippen LogP contribution in [0.25, 0.3) is 0 Å². The van der Waals surface area contributed by atoms with Gasteiger partial charge < -0.3 is 10.2 Å². The topological polar surface area (TPSA) is 153 Å². The highest BCUT2D eigenvalue weighted by atomic mass is 32.2. The van der Waals surface area contributed by atoms with Crippen molar-refractivity contribution < 1.29 is 46.1 Å². The molecule has 3 aliphatic heterocycles. The number of likely N-dealkylation sites (N-methyl/N-ethyl adjacent to an activating group) is 1. The van der Waals surface area contributed by atoms with Gasteiger partial charge in [0.2, 0.25) is 17.7 Å². The predicted molar refractivity (Wildman–Crippen MR) is 222 cm³/mol. The number of nitrogens with zero attached hydrogens (tertiary/aromatic N) is 3. The van der Waals surface area contributed by atoms with E-state index in [0.717, 1.165) is 38.5 Å². The SMILES string of the molecule is [2H]C([2H])(C)N1CCC[C@H]1C(=O)N[C@H](C(=O)C[C@H](C(=O)N1C[C@]2(C[C@H]1C(=O)C[C@]1(C(=O)NS(=O)(=O)N3C([2H])([2H])C([2H])([2H])C([2H])([2H])C3([2H])[2H])C[C@H]1CC)C(C)(C)C21CCC1)C(C)(C)C)C1CCCCC1. The quantitative estimate of drug-likeness (QED) is 0.211. The molecule has 2 N–H and O–H groups in total. The molecule has 3 saturated heterocycles. The second-order valence-electron chi connectivity index (χ2n) is 20.2. The number of Topliss-reactive ketones (excluding diaryl/α,β-unsaturated/α-hetero) is 2. The van der Waals surface area contributed by atoms with Gasteiger partial charge in [-0.05, 0) is 105 Å². The lowest BCUT2D eigenvalue weighted by Crippen LogP contribution is -2.54. The summed E-state index contributed by atoms with van der Waals surface area (Å²) in [5.74, 6) is -4.56. The summed E-state index contributed by atoms with van der Waals surface area (Å²) in [6.07, 6.45) is 0.519. The van der Waals surface area contributed by atoms with Crippen LogP contribution in [-0.2, 0) is 34.2 Å². The predicted octanol–water partition coefficient (Wildman–Crippen LogP) is 5.79. The molecule has 13 heteroatoms. The van der Waals surface area contributed by atoms with Crippen molar-refractivity contribution in [3.63, 3.8) is 0 Å². The molecule has 0 aromatic heterocycles. The number of hydrogen-bond acceptors (Lipinski definition) is 8. The van der Waals surface area contributed by atoms with E-state index in [1.54, 1.807) is 16.5 Å². The second kappa shape index (κ2) is 15.8. The summed E-state index contributed by atoms with van der Waals surface area (Å²) < 4.78 is 111. The fourth-order valence-corrected chi connectivity index (χ4v) is 13.2. The molecular weight excluding hydrogens is 755 g/mol. The van der Waals surface area contributed by atoms with Crippen LogP contribution in [0.4, 0.5) is 0 Å². The summed E-state index contributed by atoms with van der Waals surface area (Å²) in [7, 11) is -5.63. The first kappa shape index (κ1) is 32.3. The fraction of sp³-hybridized carbons (Fsp3) is 0.889. The molecule has 0 aromatic carbocycles. The number of rotatable bonds is 15. The van der Waals surface area contributed by atoms with E-state index in [4.69, 9.17) is 13.7 Å². The van der Waals surface area contributed by atoms with Crippen molar-refractivity contribution in [2.75, 3.05) is 32.6 Å². The van der Waals surface area contributed by atoms with Gasteiger partial charge in [-0.3, -0.25) is 28.9 Å². The maximum absolute atomic E-state index is 15.5. The molecule has 12 nitrogen and oxygen atoms in total. The van der Waals surface area contributed by atoms with E-state index >= 15 is 9.59 Å². The van der Waals surface area contributed by atoms with E-state index in [2.05, 4.69) is 19.2 Å². The molecule has 2 spiro atoms. The van der Waals surface area contributed by atoms with Crippen LogP contribution in [0.3, 0.4) is 0 Å². The van der Waals surface area contributed by atoms with E-state index in [1.807, 2.05) is 20.8 Å². The molecule has 0 unspecified atom stereocenters. The van der Waals surface area contributed by atoms with E-state index in [1.165, 1.54) is 11.8 Å². The second-order valence-corrected chi connectivity index (χ2v) is 21.7. The number of amides is 3. The summed E-state index contributed by atoms with van der Waals surface area (Å²) >= 11 is 0. The van der Waals surface area contributed by atoms with Gasteiger partial charge in [0, 0.05) is 57.4 Å². The maximum atomic E-state index is 15.5. The van der Waals surface area contributed by atoms with Crippen molar-refractivity contribution >= 4 is 39.5 Å². The summed E-state index contributed by atoms with van der Waals surface area (Å²) in [6, 6.07) is -2.72. The van der Waals surface area contributed by atoms with Crippen molar-refractivity contribution in [3.8, 4) is 0 Å². The molecule has 0 radical (unpaired) electrons. The lowest BCUT2D eigenvalue weighted by molar-refractivity contribution is -0.147. The van der Waals surface area contributed by atoms with Gasteiger partial charge in [0.1, 0.15) is 0 Å². The van der Waals surface area contributed by atoms with Crippen LogP contribution in [0, 0.1) is 44.8 Å². The summed E-state index contributed by atoms with van der Waals surface area (Å²) in [4.78, 5) is 76.8. The Kier molecular flexibility index (Phi) is 8.83. The fourth-order valence-electron chi connectivity index (χ4n) is 12.4. The zero-order valence-corrected chi connectivity index (χ0v) is 36.4. The molecule has 0 bridgehead atoms. The molecule has 7 fully saturated rings. The third-order valence-corrected chi connectivity index (χ3v) is 17.4. The number of carbonyl (C=O) groups excluding carboxylic acids is 5. The third-order valence-electron chi connectivity index (χ3n) is 16.3. The maximum Gasteiger partial charge on any atom is 0.303 e. The minimum atomic E-state index is -5.63. The summed E-state index contributed by atoms with van der Waals surface area (Å²) in [5, 5.41) is 3.05. The summed E-state index contributed by atoms with van der Waals surface area (Å²) in [5.41, 5.74) is -3.37. The first-order chi connectivity index (χ1) is 31.0.